The Morgan fingerprint density at radius 1 is 0.882 bits per heavy atom. The average Bonchev–Trinajstić information content (AvgIpc) is 2.33. The van der Waals surface area contributed by atoms with Crippen LogP contribution in [0.3, 0.4) is 0 Å². The third-order valence-corrected chi connectivity index (χ3v) is 2.96. The van der Waals surface area contributed by atoms with Crippen molar-refractivity contribution in [2.45, 2.75) is 12.8 Å². The molecule has 0 aliphatic rings. The van der Waals surface area contributed by atoms with Gasteiger partial charge in [0.1, 0.15) is 5.78 Å². The van der Waals surface area contributed by atoms with E-state index in [0.717, 1.165) is 11.1 Å². The molecule has 2 rings (SSSR count). The zero-order valence-corrected chi connectivity index (χ0v) is 10.2. The lowest BCUT2D eigenvalue weighted by molar-refractivity contribution is -0.117. The zero-order valence-electron chi connectivity index (χ0n) is 9.40. The van der Waals surface area contributed by atoms with Crippen molar-refractivity contribution in [2.24, 2.45) is 0 Å². The standard InChI is InChI=1S/C15H13ClO/c16-15-9-5-4-8-13(15)11-14(17)10-12-6-2-1-3-7-12/h1-9H,10-11H2. The Balaban J connectivity index is 2.01. The van der Waals surface area contributed by atoms with Crippen molar-refractivity contribution in [3.05, 3.63) is 70.7 Å². The fourth-order valence-electron chi connectivity index (χ4n) is 1.74. The molecule has 86 valence electrons. The van der Waals surface area contributed by atoms with Crippen LogP contribution in [0.25, 0.3) is 0 Å². The molecule has 2 heteroatoms. The molecule has 0 aromatic heterocycles. The van der Waals surface area contributed by atoms with E-state index >= 15 is 0 Å². The number of carbonyl (C=O) groups excluding carboxylic acids is 1. The zero-order chi connectivity index (χ0) is 12.1. The summed E-state index contributed by atoms with van der Waals surface area (Å²) in [6.45, 7) is 0. The predicted molar refractivity (Wildman–Crippen MR) is 70.3 cm³/mol. The SMILES string of the molecule is O=C(Cc1ccccc1)Cc1ccccc1Cl. The van der Waals surface area contributed by atoms with Crippen LogP contribution in [-0.2, 0) is 17.6 Å². The van der Waals surface area contributed by atoms with Gasteiger partial charge in [-0.2, -0.15) is 0 Å². The Labute approximate surface area is 106 Å². The molecular formula is C15H13ClO. The van der Waals surface area contributed by atoms with Gasteiger partial charge in [-0.25, -0.2) is 0 Å². The first-order chi connectivity index (χ1) is 8.25. The molecule has 2 aromatic carbocycles. The quantitative estimate of drug-likeness (QED) is 0.802. The summed E-state index contributed by atoms with van der Waals surface area (Å²) in [4.78, 5) is 11.9. The van der Waals surface area contributed by atoms with Gasteiger partial charge in [0.05, 0.1) is 0 Å². The van der Waals surface area contributed by atoms with E-state index < -0.39 is 0 Å². The lowest BCUT2D eigenvalue weighted by Crippen LogP contribution is -2.06. The maximum Gasteiger partial charge on any atom is 0.141 e. The van der Waals surface area contributed by atoms with Crippen molar-refractivity contribution in [1.29, 1.82) is 0 Å². The van der Waals surface area contributed by atoms with Gasteiger partial charge in [0.2, 0.25) is 0 Å². The summed E-state index contributed by atoms with van der Waals surface area (Å²) in [5, 5.41) is 0.661. The minimum atomic E-state index is 0.185. The summed E-state index contributed by atoms with van der Waals surface area (Å²) in [6.07, 6.45) is 0.862. The number of ketones is 1. The Bertz CT molecular complexity index is 505. The van der Waals surface area contributed by atoms with Crippen LogP contribution in [0.2, 0.25) is 5.02 Å². The van der Waals surface area contributed by atoms with Gasteiger partial charge in [-0.15, -0.1) is 0 Å². The number of rotatable bonds is 4. The highest BCUT2D eigenvalue weighted by atomic mass is 35.5. The molecule has 1 nitrogen and oxygen atoms in total. The summed E-state index contributed by atoms with van der Waals surface area (Å²) in [7, 11) is 0. The Morgan fingerprint density at radius 3 is 2.24 bits per heavy atom. The van der Waals surface area contributed by atoms with Crippen molar-refractivity contribution in [1.82, 2.24) is 0 Å². The van der Waals surface area contributed by atoms with E-state index in [1.54, 1.807) is 0 Å². The number of carbonyl (C=O) groups is 1. The Kier molecular flexibility index (Phi) is 3.94. The molecule has 0 saturated carbocycles. The molecule has 0 spiro atoms. The summed E-state index contributed by atoms with van der Waals surface area (Å²) >= 11 is 6.02. The second-order valence-electron chi connectivity index (χ2n) is 3.97. The second-order valence-corrected chi connectivity index (χ2v) is 4.38. The van der Waals surface area contributed by atoms with Crippen LogP contribution in [0.1, 0.15) is 11.1 Å². The molecule has 0 N–H and O–H groups in total. The normalized spacial score (nSPS) is 10.2. The third kappa shape index (κ3) is 3.43. The van der Waals surface area contributed by atoms with Gasteiger partial charge in [-0.05, 0) is 17.2 Å². The van der Waals surface area contributed by atoms with Gasteiger partial charge < -0.3 is 0 Å². The number of halogens is 1. The van der Waals surface area contributed by atoms with Gasteiger partial charge in [0, 0.05) is 17.9 Å². The molecule has 0 amide bonds. The first-order valence-corrected chi connectivity index (χ1v) is 5.92. The first-order valence-electron chi connectivity index (χ1n) is 5.55. The predicted octanol–water partition coefficient (Wildman–Crippen LogP) is 3.69. The maximum atomic E-state index is 11.9. The van der Waals surface area contributed by atoms with Gasteiger partial charge in [0.15, 0.2) is 0 Å². The van der Waals surface area contributed by atoms with Crippen LogP contribution in [-0.4, -0.2) is 5.78 Å². The molecule has 0 atom stereocenters. The molecule has 0 aliphatic carbocycles. The molecular weight excluding hydrogens is 232 g/mol. The van der Waals surface area contributed by atoms with Crippen LogP contribution in [0.15, 0.2) is 54.6 Å². The van der Waals surface area contributed by atoms with Crippen molar-refractivity contribution in [3.8, 4) is 0 Å². The summed E-state index contributed by atoms with van der Waals surface area (Å²) < 4.78 is 0. The number of hydrogen-bond acceptors (Lipinski definition) is 1. The molecule has 0 radical (unpaired) electrons. The van der Waals surface area contributed by atoms with E-state index in [9.17, 15) is 4.79 Å². The van der Waals surface area contributed by atoms with Crippen LogP contribution < -0.4 is 0 Å². The van der Waals surface area contributed by atoms with Crippen molar-refractivity contribution >= 4 is 17.4 Å². The van der Waals surface area contributed by atoms with E-state index in [1.165, 1.54) is 0 Å². The number of hydrogen-bond donors (Lipinski definition) is 0. The molecule has 2 aromatic rings. The Morgan fingerprint density at radius 2 is 1.53 bits per heavy atom. The van der Waals surface area contributed by atoms with Gasteiger partial charge in [-0.1, -0.05) is 60.1 Å². The molecule has 17 heavy (non-hydrogen) atoms. The molecule has 0 aliphatic heterocycles. The third-order valence-electron chi connectivity index (χ3n) is 2.59. The van der Waals surface area contributed by atoms with Crippen molar-refractivity contribution < 1.29 is 4.79 Å². The number of Topliss-reactive ketones (excluding diaryl/α,β-unsaturated/α-hetero) is 1. The second kappa shape index (κ2) is 5.65. The van der Waals surface area contributed by atoms with E-state index in [2.05, 4.69) is 0 Å². The van der Waals surface area contributed by atoms with Crippen molar-refractivity contribution in [2.75, 3.05) is 0 Å². The van der Waals surface area contributed by atoms with E-state index in [0.29, 0.717) is 17.9 Å². The monoisotopic (exact) mass is 244 g/mol. The van der Waals surface area contributed by atoms with E-state index in [4.69, 9.17) is 11.6 Å². The van der Waals surface area contributed by atoms with Crippen LogP contribution in [0, 0.1) is 0 Å². The van der Waals surface area contributed by atoms with Crippen LogP contribution in [0.4, 0.5) is 0 Å². The Hall–Kier alpha value is -1.60. The van der Waals surface area contributed by atoms with E-state index in [1.807, 2.05) is 54.6 Å². The highest BCUT2D eigenvalue weighted by Crippen LogP contribution is 2.16. The largest absolute Gasteiger partial charge is 0.299 e. The molecule has 0 heterocycles. The lowest BCUT2D eigenvalue weighted by Gasteiger charge is -2.03. The smallest absolute Gasteiger partial charge is 0.141 e. The molecule has 0 unspecified atom stereocenters. The van der Waals surface area contributed by atoms with Crippen LogP contribution in [0.5, 0.6) is 0 Å². The van der Waals surface area contributed by atoms with E-state index in [-0.39, 0.29) is 5.78 Å². The lowest BCUT2D eigenvalue weighted by atomic mass is 10.0. The fraction of sp³-hybridized carbons (Fsp3) is 0.133. The topological polar surface area (TPSA) is 17.1 Å². The molecule has 0 saturated heterocycles. The highest BCUT2D eigenvalue weighted by molar-refractivity contribution is 6.31. The molecule has 0 fully saturated rings. The number of benzene rings is 2. The minimum absolute atomic E-state index is 0.185. The fourth-order valence-corrected chi connectivity index (χ4v) is 1.94. The summed E-state index contributed by atoms with van der Waals surface area (Å²) in [6, 6.07) is 17.2. The van der Waals surface area contributed by atoms with Gasteiger partial charge >= 0.3 is 0 Å². The highest BCUT2D eigenvalue weighted by Gasteiger charge is 2.07. The van der Waals surface area contributed by atoms with Gasteiger partial charge in [-0.3, -0.25) is 4.79 Å². The summed E-state index contributed by atoms with van der Waals surface area (Å²) in [5.41, 5.74) is 1.94. The first kappa shape index (κ1) is 11.9. The maximum absolute atomic E-state index is 11.9. The average molecular weight is 245 g/mol. The van der Waals surface area contributed by atoms with Gasteiger partial charge in [0.25, 0.3) is 0 Å². The molecule has 0 bridgehead atoms. The summed E-state index contributed by atoms with van der Waals surface area (Å²) in [5.74, 6) is 0.185. The minimum Gasteiger partial charge on any atom is -0.299 e. The van der Waals surface area contributed by atoms with Crippen molar-refractivity contribution in [3.63, 3.8) is 0 Å². The van der Waals surface area contributed by atoms with Crippen LogP contribution >= 0.6 is 11.6 Å².